The molecule has 0 amide bonds. The molecule has 1 aliphatic heterocycles. The zero-order valence-electron chi connectivity index (χ0n) is 21.4. The van der Waals surface area contributed by atoms with E-state index in [0.717, 1.165) is 0 Å². The lowest BCUT2D eigenvalue weighted by atomic mass is 9.82. The smallest absolute Gasteiger partial charge is 0.0396 e. The van der Waals surface area contributed by atoms with Crippen molar-refractivity contribution in [2.24, 2.45) is 0 Å². The molecule has 36 heavy (non-hydrogen) atoms. The molecule has 182 valence electrons. The van der Waals surface area contributed by atoms with Gasteiger partial charge >= 0.3 is 0 Å². The Balaban J connectivity index is 1.79. The van der Waals surface area contributed by atoms with Gasteiger partial charge in [-0.05, 0) is 71.7 Å². The van der Waals surface area contributed by atoms with Crippen LogP contribution in [-0.4, -0.2) is 0 Å². The summed E-state index contributed by atoms with van der Waals surface area (Å²) >= 11 is 3.97. The Morgan fingerprint density at radius 1 is 0.583 bits per heavy atom. The van der Waals surface area contributed by atoms with Crippen LogP contribution < -0.4 is 0 Å². The first-order valence-electron chi connectivity index (χ1n) is 13.7. The second kappa shape index (κ2) is 10.4. The lowest BCUT2D eigenvalue weighted by Gasteiger charge is -2.22. The van der Waals surface area contributed by atoms with Gasteiger partial charge in [-0.2, -0.15) is 0 Å². The van der Waals surface area contributed by atoms with E-state index in [4.69, 9.17) is 0 Å². The first-order chi connectivity index (χ1) is 17.8. The fraction of sp³-hybridized carbons (Fsp3) is 0.294. The molecule has 0 N–H and O–H groups in total. The first-order valence-corrected chi connectivity index (χ1v) is 15.3. The predicted molar refractivity (Wildman–Crippen MR) is 161 cm³/mol. The largest absolute Gasteiger partial charge is 0.135 e. The van der Waals surface area contributed by atoms with Gasteiger partial charge in [0, 0.05) is 35.5 Å². The van der Waals surface area contributed by atoms with Crippen LogP contribution >= 0.6 is 23.1 Å². The van der Waals surface area contributed by atoms with Gasteiger partial charge < -0.3 is 0 Å². The fourth-order valence-corrected chi connectivity index (χ4v) is 8.32. The minimum atomic E-state index is 1.17. The van der Waals surface area contributed by atoms with Crippen molar-refractivity contribution >= 4 is 43.3 Å². The molecule has 6 rings (SSSR count). The van der Waals surface area contributed by atoms with Gasteiger partial charge in [0.15, 0.2) is 0 Å². The van der Waals surface area contributed by atoms with E-state index in [9.17, 15) is 0 Å². The van der Waals surface area contributed by atoms with Crippen molar-refractivity contribution < 1.29 is 0 Å². The van der Waals surface area contributed by atoms with E-state index < -0.39 is 0 Å². The molecule has 0 saturated heterocycles. The molecule has 5 aromatic rings. The minimum absolute atomic E-state index is 1.17. The molecule has 0 unspecified atom stereocenters. The lowest BCUT2D eigenvalue weighted by Crippen LogP contribution is -2.02. The molecule has 0 atom stereocenters. The van der Waals surface area contributed by atoms with Crippen LogP contribution in [0.4, 0.5) is 0 Å². The molecule has 0 aliphatic carbocycles. The predicted octanol–water partition coefficient (Wildman–Crippen LogP) is 11.3. The highest BCUT2D eigenvalue weighted by Crippen LogP contribution is 2.55. The van der Waals surface area contributed by atoms with Crippen molar-refractivity contribution in [3.05, 3.63) is 83.9 Å². The number of aryl methyl sites for hydroxylation is 1. The maximum absolute atomic E-state index is 2.38. The monoisotopic (exact) mass is 506 g/mol. The normalized spacial score (nSPS) is 12.4. The van der Waals surface area contributed by atoms with Gasteiger partial charge in [-0.3, -0.25) is 0 Å². The summed E-state index contributed by atoms with van der Waals surface area (Å²) in [6, 6.07) is 27.4. The molecular formula is C34H34S2. The van der Waals surface area contributed by atoms with Crippen molar-refractivity contribution in [3.63, 3.8) is 0 Å². The number of benzene rings is 4. The second-order valence-corrected chi connectivity index (χ2v) is 12.2. The third kappa shape index (κ3) is 4.09. The van der Waals surface area contributed by atoms with Crippen molar-refractivity contribution in [1.82, 2.24) is 0 Å². The molecule has 1 aromatic heterocycles. The Kier molecular flexibility index (Phi) is 6.91. The quantitative estimate of drug-likeness (QED) is 0.185. The van der Waals surface area contributed by atoms with Crippen molar-refractivity contribution in [2.75, 3.05) is 0 Å². The molecule has 0 nitrogen and oxygen atoms in total. The Labute approximate surface area is 223 Å². The van der Waals surface area contributed by atoms with Crippen LogP contribution in [0.1, 0.15) is 63.5 Å². The highest BCUT2D eigenvalue weighted by Gasteiger charge is 2.28. The van der Waals surface area contributed by atoms with Gasteiger partial charge in [-0.15, -0.1) is 11.3 Å². The average molecular weight is 507 g/mol. The average Bonchev–Trinajstić information content (AvgIpc) is 3.22. The van der Waals surface area contributed by atoms with Crippen LogP contribution in [-0.2, 0) is 12.8 Å². The van der Waals surface area contributed by atoms with E-state index in [0.29, 0.717) is 0 Å². The molecule has 0 bridgehead atoms. The highest BCUT2D eigenvalue weighted by molar-refractivity contribution is 7.99. The zero-order chi connectivity index (χ0) is 24.5. The summed E-state index contributed by atoms with van der Waals surface area (Å²) in [4.78, 5) is 2.76. The van der Waals surface area contributed by atoms with Crippen LogP contribution in [0.3, 0.4) is 0 Å². The van der Waals surface area contributed by atoms with Crippen LogP contribution in [0.15, 0.2) is 82.6 Å². The minimum Gasteiger partial charge on any atom is -0.135 e. The van der Waals surface area contributed by atoms with Gasteiger partial charge in [0.25, 0.3) is 0 Å². The molecule has 0 radical (unpaired) electrons. The van der Waals surface area contributed by atoms with Gasteiger partial charge in [-0.1, -0.05) is 106 Å². The number of rotatable bonds is 8. The van der Waals surface area contributed by atoms with Gasteiger partial charge in [-0.25, -0.2) is 0 Å². The van der Waals surface area contributed by atoms with E-state index in [-0.39, 0.29) is 0 Å². The number of hydrogen-bond acceptors (Lipinski definition) is 2. The molecule has 0 saturated carbocycles. The molecule has 1 aliphatic rings. The molecule has 4 aromatic carbocycles. The summed E-state index contributed by atoms with van der Waals surface area (Å²) in [5.74, 6) is 0. The molecular weight excluding hydrogens is 473 g/mol. The van der Waals surface area contributed by atoms with E-state index in [1.54, 1.807) is 11.1 Å². The second-order valence-electron chi connectivity index (χ2n) is 10.0. The third-order valence-corrected chi connectivity index (χ3v) is 10.0. The number of thiophene rings is 1. The molecule has 2 heterocycles. The van der Waals surface area contributed by atoms with Crippen molar-refractivity contribution in [2.45, 2.75) is 75.0 Å². The fourth-order valence-electron chi connectivity index (χ4n) is 5.92. The van der Waals surface area contributed by atoms with Crippen LogP contribution in [0.5, 0.6) is 0 Å². The van der Waals surface area contributed by atoms with Crippen molar-refractivity contribution in [3.8, 4) is 22.3 Å². The van der Waals surface area contributed by atoms with E-state index >= 15 is 0 Å². The number of fused-ring (bicyclic) bond motifs is 9. The molecule has 0 spiro atoms. The molecule has 0 fully saturated rings. The maximum Gasteiger partial charge on any atom is 0.0396 e. The van der Waals surface area contributed by atoms with Crippen molar-refractivity contribution in [1.29, 1.82) is 0 Å². The van der Waals surface area contributed by atoms with Crippen LogP contribution in [0.25, 0.3) is 42.4 Å². The Hall–Kier alpha value is -2.55. The first kappa shape index (κ1) is 23.8. The summed E-state index contributed by atoms with van der Waals surface area (Å²) in [7, 11) is 0. The number of unbranched alkanes of at least 4 members (excludes halogenated alkanes) is 4. The molecule has 2 heteroatoms. The highest BCUT2D eigenvalue weighted by atomic mass is 32.2. The number of hydrogen-bond donors (Lipinski definition) is 0. The SMILES string of the molecule is CCCCCc1c2c(c3c(sc4ccccc43)c1CCCCC)-c1ccccc1Sc1ccccc1-2. The third-order valence-electron chi connectivity index (χ3n) is 7.63. The zero-order valence-corrected chi connectivity index (χ0v) is 23.0. The van der Waals surface area contributed by atoms with Crippen LogP contribution in [0.2, 0.25) is 0 Å². The topological polar surface area (TPSA) is 0 Å². The van der Waals surface area contributed by atoms with Gasteiger partial charge in [0.2, 0.25) is 0 Å². The van der Waals surface area contributed by atoms with Gasteiger partial charge in [0.1, 0.15) is 0 Å². The Morgan fingerprint density at radius 3 is 1.86 bits per heavy atom. The van der Waals surface area contributed by atoms with E-state index in [2.05, 4.69) is 86.6 Å². The summed E-state index contributed by atoms with van der Waals surface area (Å²) in [6.45, 7) is 4.64. The Morgan fingerprint density at radius 2 is 1.17 bits per heavy atom. The summed E-state index contributed by atoms with van der Waals surface area (Å²) in [5.41, 5.74) is 9.07. The lowest BCUT2D eigenvalue weighted by molar-refractivity contribution is 0.697. The summed E-state index contributed by atoms with van der Waals surface area (Å²) in [5, 5.41) is 2.91. The van der Waals surface area contributed by atoms with E-state index in [1.165, 1.54) is 104 Å². The van der Waals surface area contributed by atoms with Gasteiger partial charge in [0.05, 0.1) is 0 Å². The Bertz CT molecular complexity index is 1540. The summed E-state index contributed by atoms with van der Waals surface area (Å²) in [6.07, 6.45) is 10.00. The standard InChI is InChI=1S/C34H34S2/c1-3-5-7-15-23-24(16-8-6-4-2)34-33(27-19-11-14-22-30(27)36-34)32-26-18-10-13-21-29(26)35-28-20-12-9-17-25(28)31(23)32/h9-14,17-22H,3-8,15-16H2,1-2H3. The summed E-state index contributed by atoms with van der Waals surface area (Å²) < 4.78 is 2.96. The van der Waals surface area contributed by atoms with Crippen LogP contribution in [0, 0.1) is 0 Å². The maximum atomic E-state index is 2.38. The van der Waals surface area contributed by atoms with E-state index in [1.807, 2.05) is 23.1 Å².